The van der Waals surface area contributed by atoms with Gasteiger partial charge in [-0.05, 0) is 31.5 Å². The van der Waals surface area contributed by atoms with Crippen molar-refractivity contribution < 1.29 is 0 Å². The van der Waals surface area contributed by atoms with Crippen LogP contribution in [0.3, 0.4) is 0 Å². The number of benzene rings is 2. The van der Waals surface area contributed by atoms with Gasteiger partial charge < -0.3 is 0 Å². The molecule has 1 fully saturated rings. The fourth-order valence-corrected chi connectivity index (χ4v) is 3.85. The lowest BCUT2D eigenvalue weighted by Gasteiger charge is -2.35. The highest BCUT2D eigenvalue weighted by molar-refractivity contribution is 5.36. The Bertz CT molecular complexity index is 880. The molecule has 1 saturated heterocycles. The van der Waals surface area contributed by atoms with E-state index >= 15 is 0 Å². The Morgan fingerprint density at radius 3 is 2.18 bits per heavy atom. The van der Waals surface area contributed by atoms with E-state index in [-0.39, 0.29) is 0 Å². The van der Waals surface area contributed by atoms with Crippen molar-refractivity contribution in [1.29, 1.82) is 0 Å². The maximum Gasteiger partial charge on any atom is 0.0648 e. The van der Waals surface area contributed by atoms with E-state index in [0.29, 0.717) is 0 Å². The Kier molecular flexibility index (Phi) is 5.86. The van der Waals surface area contributed by atoms with Crippen LogP contribution in [0.2, 0.25) is 0 Å². The molecular formula is C23H29N5. The lowest BCUT2D eigenvalue weighted by Crippen LogP contribution is -2.51. The summed E-state index contributed by atoms with van der Waals surface area (Å²) < 4.78 is 2.05. The molecule has 2 heterocycles. The van der Waals surface area contributed by atoms with Crippen molar-refractivity contribution in [3.05, 3.63) is 83.2 Å². The predicted octanol–water partition coefficient (Wildman–Crippen LogP) is 3.31. The molecule has 0 amide bonds. The number of aryl methyl sites for hydroxylation is 1. The summed E-state index contributed by atoms with van der Waals surface area (Å²) in [4.78, 5) is 2.53. The maximum absolute atomic E-state index is 4.75. The van der Waals surface area contributed by atoms with Gasteiger partial charge >= 0.3 is 0 Å². The Hall–Kier alpha value is -2.47. The van der Waals surface area contributed by atoms with Crippen LogP contribution in [0.15, 0.2) is 60.7 Å². The van der Waals surface area contributed by atoms with Gasteiger partial charge in [0.25, 0.3) is 0 Å². The SMILES string of the molecule is Cc1nn(-c2ccccc2)c(C)c1CNN1CCN(Cc2ccccc2)CC1. The molecule has 5 nitrogen and oxygen atoms in total. The van der Waals surface area contributed by atoms with E-state index in [9.17, 15) is 0 Å². The molecule has 1 aromatic heterocycles. The highest BCUT2D eigenvalue weighted by Crippen LogP contribution is 2.18. The second-order valence-electron chi connectivity index (χ2n) is 7.48. The third-order valence-corrected chi connectivity index (χ3v) is 5.54. The highest BCUT2D eigenvalue weighted by atomic mass is 15.5. The van der Waals surface area contributed by atoms with Gasteiger partial charge in [-0.25, -0.2) is 9.69 Å². The average Bonchev–Trinajstić information content (AvgIpc) is 3.02. The van der Waals surface area contributed by atoms with Crippen LogP contribution >= 0.6 is 0 Å². The predicted molar refractivity (Wildman–Crippen MR) is 113 cm³/mol. The molecule has 2 aromatic carbocycles. The fraction of sp³-hybridized carbons (Fsp3) is 0.348. The number of piperazine rings is 1. The molecule has 146 valence electrons. The number of rotatable bonds is 6. The highest BCUT2D eigenvalue weighted by Gasteiger charge is 2.18. The van der Waals surface area contributed by atoms with Crippen molar-refractivity contribution in [2.24, 2.45) is 0 Å². The average molecular weight is 376 g/mol. The lowest BCUT2D eigenvalue weighted by molar-refractivity contribution is 0.0833. The molecule has 0 bridgehead atoms. The molecule has 1 aliphatic rings. The molecule has 0 spiro atoms. The van der Waals surface area contributed by atoms with E-state index in [2.05, 4.69) is 83.8 Å². The number of nitrogens with one attached hydrogen (secondary N) is 1. The number of hydrogen-bond acceptors (Lipinski definition) is 4. The Balaban J connectivity index is 1.32. The maximum atomic E-state index is 4.75. The quantitative estimate of drug-likeness (QED) is 0.717. The topological polar surface area (TPSA) is 36.3 Å². The monoisotopic (exact) mass is 375 g/mol. The zero-order chi connectivity index (χ0) is 19.3. The minimum absolute atomic E-state index is 0.823. The smallest absolute Gasteiger partial charge is 0.0648 e. The molecule has 0 atom stereocenters. The van der Waals surface area contributed by atoms with Crippen molar-refractivity contribution in [1.82, 2.24) is 25.1 Å². The first-order valence-electron chi connectivity index (χ1n) is 10.1. The van der Waals surface area contributed by atoms with Crippen LogP contribution in [-0.4, -0.2) is 45.9 Å². The largest absolute Gasteiger partial charge is 0.296 e. The van der Waals surface area contributed by atoms with Crippen molar-refractivity contribution in [2.45, 2.75) is 26.9 Å². The molecule has 4 rings (SSSR count). The molecular weight excluding hydrogens is 346 g/mol. The molecule has 1 N–H and O–H groups in total. The zero-order valence-corrected chi connectivity index (χ0v) is 16.8. The standard InChI is InChI=1S/C23H29N5/c1-19-23(20(2)28(25-19)22-11-7-4-8-12-22)17-24-27-15-13-26(14-16-27)18-21-9-5-3-6-10-21/h3-12,24H,13-18H2,1-2H3. The van der Waals surface area contributed by atoms with E-state index < -0.39 is 0 Å². The molecule has 0 unspecified atom stereocenters. The van der Waals surface area contributed by atoms with Crippen LogP contribution < -0.4 is 5.43 Å². The number of aromatic nitrogens is 2. The number of para-hydroxylation sites is 1. The van der Waals surface area contributed by atoms with Gasteiger partial charge in [0, 0.05) is 50.5 Å². The van der Waals surface area contributed by atoms with Crippen LogP contribution in [0.4, 0.5) is 0 Å². The summed E-state index contributed by atoms with van der Waals surface area (Å²) in [6, 6.07) is 21.1. The number of nitrogens with zero attached hydrogens (tertiary/aromatic N) is 4. The summed E-state index contributed by atoms with van der Waals surface area (Å²) in [6.07, 6.45) is 0. The van der Waals surface area contributed by atoms with Gasteiger partial charge in [-0.2, -0.15) is 5.10 Å². The molecule has 1 aliphatic heterocycles. The van der Waals surface area contributed by atoms with Crippen LogP contribution in [0.5, 0.6) is 0 Å². The molecule has 0 saturated carbocycles. The van der Waals surface area contributed by atoms with Gasteiger partial charge in [-0.1, -0.05) is 48.5 Å². The van der Waals surface area contributed by atoms with Gasteiger partial charge in [0.05, 0.1) is 11.4 Å². The van der Waals surface area contributed by atoms with Crippen molar-refractivity contribution >= 4 is 0 Å². The lowest BCUT2D eigenvalue weighted by atomic mass is 10.2. The first kappa shape index (κ1) is 18.9. The van der Waals surface area contributed by atoms with Gasteiger partial charge in [0.15, 0.2) is 0 Å². The first-order chi connectivity index (χ1) is 13.7. The second kappa shape index (κ2) is 8.69. The van der Waals surface area contributed by atoms with E-state index in [1.165, 1.54) is 16.8 Å². The normalized spacial score (nSPS) is 15.8. The van der Waals surface area contributed by atoms with Crippen LogP contribution in [0.1, 0.15) is 22.5 Å². The molecule has 28 heavy (non-hydrogen) atoms. The van der Waals surface area contributed by atoms with E-state index in [1.807, 2.05) is 10.7 Å². The minimum atomic E-state index is 0.823. The minimum Gasteiger partial charge on any atom is -0.296 e. The van der Waals surface area contributed by atoms with Crippen LogP contribution in [0, 0.1) is 13.8 Å². The van der Waals surface area contributed by atoms with Gasteiger partial charge in [0.2, 0.25) is 0 Å². The van der Waals surface area contributed by atoms with Gasteiger partial charge in [-0.3, -0.25) is 10.3 Å². The Labute approximate surface area is 167 Å². The molecule has 0 radical (unpaired) electrons. The Morgan fingerprint density at radius 1 is 0.857 bits per heavy atom. The summed E-state index contributed by atoms with van der Waals surface area (Å²) in [6.45, 7) is 10.4. The first-order valence-corrected chi connectivity index (χ1v) is 10.1. The zero-order valence-electron chi connectivity index (χ0n) is 16.8. The van der Waals surface area contributed by atoms with Crippen LogP contribution in [-0.2, 0) is 13.1 Å². The second-order valence-corrected chi connectivity index (χ2v) is 7.48. The third kappa shape index (κ3) is 4.33. The molecule has 0 aliphatic carbocycles. The summed E-state index contributed by atoms with van der Waals surface area (Å²) in [5, 5.41) is 7.10. The number of hydrazine groups is 1. The van der Waals surface area contributed by atoms with E-state index in [0.717, 1.165) is 50.6 Å². The number of hydrogen-bond donors (Lipinski definition) is 1. The molecule has 5 heteroatoms. The summed E-state index contributed by atoms with van der Waals surface area (Å²) in [5.74, 6) is 0. The van der Waals surface area contributed by atoms with E-state index in [1.54, 1.807) is 0 Å². The molecule has 3 aromatic rings. The van der Waals surface area contributed by atoms with Gasteiger partial charge in [0.1, 0.15) is 0 Å². The van der Waals surface area contributed by atoms with Crippen LogP contribution in [0.25, 0.3) is 5.69 Å². The van der Waals surface area contributed by atoms with Gasteiger partial charge in [-0.15, -0.1) is 0 Å². The van der Waals surface area contributed by atoms with Crippen molar-refractivity contribution in [2.75, 3.05) is 26.2 Å². The van der Waals surface area contributed by atoms with E-state index in [4.69, 9.17) is 5.10 Å². The summed E-state index contributed by atoms with van der Waals surface area (Å²) >= 11 is 0. The third-order valence-electron chi connectivity index (χ3n) is 5.54. The Morgan fingerprint density at radius 2 is 1.50 bits per heavy atom. The van der Waals surface area contributed by atoms with Crippen molar-refractivity contribution in [3.63, 3.8) is 0 Å². The summed E-state index contributed by atoms with van der Waals surface area (Å²) in [5.41, 5.74) is 9.72. The van der Waals surface area contributed by atoms with Crippen molar-refractivity contribution in [3.8, 4) is 5.69 Å². The fourth-order valence-electron chi connectivity index (χ4n) is 3.85. The summed E-state index contributed by atoms with van der Waals surface area (Å²) in [7, 11) is 0.